The lowest BCUT2D eigenvalue weighted by molar-refractivity contribution is -0.116. The van der Waals surface area contributed by atoms with Gasteiger partial charge in [-0.15, -0.1) is 5.10 Å². The molecule has 0 atom stereocenters. The minimum atomic E-state index is -0.246. The molecule has 1 heterocycles. The van der Waals surface area contributed by atoms with E-state index in [2.05, 4.69) is 15.6 Å². The number of amides is 1. The van der Waals surface area contributed by atoms with Crippen molar-refractivity contribution in [2.24, 2.45) is 5.73 Å². The Morgan fingerprint density at radius 1 is 1.45 bits per heavy atom. The molecule has 1 aromatic heterocycles. The highest BCUT2D eigenvalue weighted by molar-refractivity contribution is 5.91. The van der Waals surface area contributed by atoms with Gasteiger partial charge in [-0.1, -0.05) is 11.3 Å². The third-order valence-electron chi connectivity index (χ3n) is 3.01. The van der Waals surface area contributed by atoms with Crippen molar-refractivity contribution in [1.29, 1.82) is 0 Å². The molecule has 0 aliphatic heterocycles. The molecular weight excluding hydrogens is 258 g/mol. The number of nitrogens with zero attached hydrogens (tertiary/aromatic N) is 3. The van der Waals surface area contributed by atoms with E-state index in [4.69, 9.17) is 5.73 Å². The van der Waals surface area contributed by atoms with E-state index in [1.54, 1.807) is 32.2 Å². The second-order valence-electron chi connectivity index (χ2n) is 4.56. The molecule has 0 radical (unpaired) electrons. The van der Waals surface area contributed by atoms with Crippen LogP contribution >= 0.6 is 0 Å². The average molecular weight is 275 g/mol. The number of rotatable bonds is 4. The molecule has 20 heavy (non-hydrogen) atoms. The van der Waals surface area contributed by atoms with Gasteiger partial charge in [-0.05, 0) is 25.5 Å². The number of benzene rings is 1. The van der Waals surface area contributed by atoms with Crippen LogP contribution in [0.25, 0.3) is 0 Å². The van der Waals surface area contributed by atoms with Gasteiger partial charge in [-0.25, -0.2) is 4.68 Å². The number of phenolic OH excluding ortho intramolecular Hbond substituents is 1. The second kappa shape index (κ2) is 5.70. The minimum Gasteiger partial charge on any atom is -0.507 e. The molecule has 106 valence electrons. The van der Waals surface area contributed by atoms with Crippen LogP contribution in [0.1, 0.15) is 16.8 Å². The Labute approximate surface area is 116 Å². The highest BCUT2D eigenvalue weighted by atomic mass is 16.3. The zero-order valence-corrected chi connectivity index (χ0v) is 11.4. The first-order chi connectivity index (χ1) is 9.51. The summed E-state index contributed by atoms with van der Waals surface area (Å²) in [6, 6.07) is 3.51. The summed E-state index contributed by atoms with van der Waals surface area (Å²) in [5, 5.41) is 20.2. The Kier molecular flexibility index (Phi) is 3.99. The average Bonchev–Trinajstić information content (AvgIpc) is 2.87. The van der Waals surface area contributed by atoms with E-state index >= 15 is 0 Å². The van der Waals surface area contributed by atoms with E-state index in [-0.39, 0.29) is 24.7 Å². The Morgan fingerprint density at radius 2 is 2.20 bits per heavy atom. The van der Waals surface area contributed by atoms with Crippen LogP contribution in [0, 0.1) is 13.8 Å². The number of hydrogen-bond acceptors (Lipinski definition) is 5. The van der Waals surface area contributed by atoms with Crippen molar-refractivity contribution >= 4 is 11.6 Å². The van der Waals surface area contributed by atoms with Crippen LogP contribution in [0.2, 0.25) is 0 Å². The summed E-state index contributed by atoms with van der Waals surface area (Å²) >= 11 is 0. The maximum atomic E-state index is 11.9. The van der Waals surface area contributed by atoms with Crippen LogP contribution in [-0.4, -0.2) is 26.0 Å². The van der Waals surface area contributed by atoms with Gasteiger partial charge in [0, 0.05) is 17.8 Å². The number of carbonyl (C=O) groups is 1. The van der Waals surface area contributed by atoms with Crippen LogP contribution < -0.4 is 11.1 Å². The lowest BCUT2D eigenvalue weighted by atomic mass is 10.1. The third kappa shape index (κ3) is 2.94. The molecule has 0 saturated carbocycles. The molecule has 0 aliphatic rings. The molecule has 0 fully saturated rings. The van der Waals surface area contributed by atoms with Gasteiger partial charge in [0.15, 0.2) is 0 Å². The molecule has 0 saturated heterocycles. The summed E-state index contributed by atoms with van der Waals surface area (Å²) in [6.07, 6.45) is 1.62. The van der Waals surface area contributed by atoms with E-state index in [9.17, 15) is 9.90 Å². The number of carbonyl (C=O) groups excluding carboxylic acids is 1. The fourth-order valence-electron chi connectivity index (χ4n) is 1.82. The largest absolute Gasteiger partial charge is 0.507 e. The number of phenols is 1. The van der Waals surface area contributed by atoms with E-state index in [0.29, 0.717) is 16.9 Å². The van der Waals surface area contributed by atoms with Crippen molar-refractivity contribution in [3.8, 4) is 5.75 Å². The Morgan fingerprint density at radius 3 is 2.85 bits per heavy atom. The summed E-state index contributed by atoms with van der Waals surface area (Å²) in [7, 11) is 0. The molecule has 2 rings (SSSR count). The van der Waals surface area contributed by atoms with E-state index < -0.39 is 0 Å². The van der Waals surface area contributed by atoms with Crippen LogP contribution in [0.4, 0.5) is 5.69 Å². The van der Waals surface area contributed by atoms with Gasteiger partial charge in [-0.3, -0.25) is 4.79 Å². The van der Waals surface area contributed by atoms with Crippen molar-refractivity contribution in [3.05, 3.63) is 35.2 Å². The zero-order valence-electron chi connectivity index (χ0n) is 11.4. The first-order valence-corrected chi connectivity index (χ1v) is 6.19. The molecule has 1 amide bonds. The van der Waals surface area contributed by atoms with E-state index in [1.807, 2.05) is 0 Å². The lowest BCUT2D eigenvalue weighted by Crippen LogP contribution is -2.19. The van der Waals surface area contributed by atoms with Gasteiger partial charge in [-0.2, -0.15) is 0 Å². The molecule has 0 spiro atoms. The number of nitrogens with one attached hydrogen (secondary N) is 1. The number of anilines is 1. The van der Waals surface area contributed by atoms with Crippen LogP contribution in [0.15, 0.2) is 18.3 Å². The topological polar surface area (TPSA) is 106 Å². The molecule has 0 unspecified atom stereocenters. The quantitative estimate of drug-likeness (QED) is 0.761. The van der Waals surface area contributed by atoms with Crippen molar-refractivity contribution in [3.63, 3.8) is 0 Å². The molecular formula is C13H17N5O2. The summed E-state index contributed by atoms with van der Waals surface area (Å²) in [6.45, 7) is 3.88. The molecule has 7 nitrogen and oxygen atoms in total. The molecule has 1 aromatic carbocycles. The predicted molar refractivity (Wildman–Crippen MR) is 74.1 cm³/mol. The monoisotopic (exact) mass is 275 g/mol. The van der Waals surface area contributed by atoms with Crippen molar-refractivity contribution in [1.82, 2.24) is 15.0 Å². The number of aromatic nitrogens is 3. The summed E-state index contributed by atoms with van der Waals surface area (Å²) < 4.78 is 1.42. The highest BCUT2D eigenvalue weighted by Crippen LogP contribution is 2.27. The highest BCUT2D eigenvalue weighted by Gasteiger charge is 2.10. The predicted octanol–water partition coefficient (Wildman–Crippen LogP) is 0.698. The van der Waals surface area contributed by atoms with Gasteiger partial charge in [0.25, 0.3) is 0 Å². The van der Waals surface area contributed by atoms with E-state index in [1.165, 1.54) is 4.68 Å². The number of aryl methyl sites for hydroxylation is 1. The molecule has 7 heteroatoms. The summed E-state index contributed by atoms with van der Waals surface area (Å²) in [4.78, 5) is 11.9. The maximum absolute atomic E-state index is 11.9. The summed E-state index contributed by atoms with van der Waals surface area (Å²) in [5.41, 5.74) is 8.04. The first kappa shape index (κ1) is 14.0. The number of hydrogen-bond donors (Lipinski definition) is 3. The van der Waals surface area contributed by atoms with E-state index in [0.717, 1.165) is 5.56 Å². The van der Waals surface area contributed by atoms with Crippen molar-refractivity contribution in [2.75, 3.05) is 5.32 Å². The number of nitrogens with two attached hydrogens (primary N) is 1. The molecule has 0 bridgehead atoms. The van der Waals surface area contributed by atoms with Crippen LogP contribution in [0.3, 0.4) is 0 Å². The van der Waals surface area contributed by atoms with Crippen LogP contribution in [0.5, 0.6) is 5.75 Å². The maximum Gasteiger partial charge on any atom is 0.246 e. The van der Waals surface area contributed by atoms with Gasteiger partial charge in [0.1, 0.15) is 12.3 Å². The normalized spacial score (nSPS) is 10.6. The lowest BCUT2D eigenvalue weighted by Gasteiger charge is -2.11. The zero-order chi connectivity index (χ0) is 14.7. The fourth-order valence-corrected chi connectivity index (χ4v) is 1.82. The number of aromatic hydroxyl groups is 1. The van der Waals surface area contributed by atoms with Crippen molar-refractivity contribution < 1.29 is 9.90 Å². The second-order valence-corrected chi connectivity index (χ2v) is 4.56. The molecule has 2 aromatic rings. The van der Waals surface area contributed by atoms with Crippen LogP contribution in [-0.2, 0) is 17.9 Å². The van der Waals surface area contributed by atoms with Gasteiger partial charge < -0.3 is 16.2 Å². The Bertz CT molecular complexity index is 636. The Balaban J connectivity index is 2.06. The summed E-state index contributed by atoms with van der Waals surface area (Å²) in [5.74, 6) is -0.0567. The van der Waals surface area contributed by atoms with Gasteiger partial charge in [0.05, 0.1) is 11.9 Å². The van der Waals surface area contributed by atoms with Crippen molar-refractivity contribution in [2.45, 2.75) is 26.9 Å². The van der Waals surface area contributed by atoms with Gasteiger partial charge >= 0.3 is 0 Å². The first-order valence-electron chi connectivity index (χ1n) is 6.19. The smallest absolute Gasteiger partial charge is 0.246 e. The third-order valence-corrected chi connectivity index (χ3v) is 3.01. The van der Waals surface area contributed by atoms with Gasteiger partial charge in [0.2, 0.25) is 5.91 Å². The molecule has 4 N–H and O–H groups in total. The fraction of sp³-hybridized carbons (Fsp3) is 0.308. The minimum absolute atomic E-state index is 0.0427. The SMILES string of the molecule is Cc1ccc(NC(=O)Cn2cc(CN)nn2)c(C)c1O. The molecule has 0 aliphatic carbocycles. The standard InChI is InChI=1S/C13H17N5O2/c1-8-3-4-11(9(2)13(8)20)15-12(19)7-18-6-10(5-14)16-17-18/h3-4,6,20H,5,7,14H2,1-2H3,(H,15,19). The Hall–Kier alpha value is -2.41.